The van der Waals surface area contributed by atoms with Crippen molar-refractivity contribution in [2.75, 3.05) is 0 Å². The van der Waals surface area contributed by atoms with Gasteiger partial charge in [0.2, 0.25) is 0 Å². The van der Waals surface area contributed by atoms with Crippen molar-refractivity contribution in [1.82, 2.24) is 19.6 Å². The number of hydrogen-bond donors (Lipinski definition) is 0. The molecule has 0 spiro atoms. The molecule has 0 saturated carbocycles. The van der Waals surface area contributed by atoms with Gasteiger partial charge in [-0.2, -0.15) is 10.2 Å². The van der Waals surface area contributed by atoms with Gasteiger partial charge >= 0.3 is 0 Å². The summed E-state index contributed by atoms with van der Waals surface area (Å²) in [6.45, 7) is -0.134. The standard InChI is InChI=1S/C46H26B2N4O4S/c1-5-40-45-42(7-1)55-38-15-11-30(51-19-3-17-49-51)24-34(38)47(45)32-21-27(9-13-36(32)53-40)29-23-44(57-26-29)28-10-14-37-33(22-28)48-35-25-31(52-20-4-18-50-52)12-16-39(35)56-43-8-2-6-41(54-37)46(43)48/h1-26H. The fraction of sp³-hybridized carbons (Fsp3) is 0. The van der Waals surface area contributed by atoms with Crippen LogP contribution in [-0.2, 0) is 0 Å². The van der Waals surface area contributed by atoms with Crippen molar-refractivity contribution >= 4 is 57.5 Å². The molecule has 0 aliphatic carbocycles. The Morgan fingerprint density at radius 3 is 1.37 bits per heavy atom. The predicted octanol–water partition coefficient (Wildman–Crippen LogP) is 6.91. The molecule has 0 radical (unpaired) electrons. The average Bonchev–Trinajstić information content (AvgIpc) is 4.08. The molecule has 0 fully saturated rings. The van der Waals surface area contributed by atoms with Gasteiger partial charge in [-0.05, 0) is 141 Å². The average molecular weight is 752 g/mol. The van der Waals surface area contributed by atoms with Crippen LogP contribution in [0.5, 0.6) is 46.0 Å². The number of benzene rings is 6. The van der Waals surface area contributed by atoms with E-state index in [-0.39, 0.29) is 13.4 Å². The van der Waals surface area contributed by atoms with Gasteiger partial charge in [0.05, 0.1) is 11.4 Å². The lowest BCUT2D eigenvalue weighted by Gasteiger charge is -2.33. The number of nitrogens with zero attached hydrogens (tertiary/aromatic N) is 4. The van der Waals surface area contributed by atoms with Crippen molar-refractivity contribution in [2.24, 2.45) is 0 Å². The first-order chi connectivity index (χ1) is 28.2. The van der Waals surface area contributed by atoms with Gasteiger partial charge in [0.15, 0.2) is 0 Å². The van der Waals surface area contributed by atoms with E-state index in [4.69, 9.17) is 18.9 Å². The van der Waals surface area contributed by atoms with Gasteiger partial charge in [0.25, 0.3) is 13.4 Å². The molecule has 0 unspecified atom stereocenters. The molecule has 11 heteroatoms. The zero-order valence-corrected chi connectivity index (χ0v) is 30.8. The van der Waals surface area contributed by atoms with E-state index in [1.807, 2.05) is 94.6 Å². The smallest absolute Gasteiger partial charge is 0.260 e. The number of hydrogen-bond acceptors (Lipinski definition) is 7. The molecule has 9 aromatic rings. The first-order valence-corrected chi connectivity index (χ1v) is 19.7. The summed E-state index contributed by atoms with van der Waals surface area (Å²) in [6.07, 6.45) is 7.51. The third-order valence-electron chi connectivity index (χ3n) is 11.5. The van der Waals surface area contributed by atoms with E-state index in [1.54, 1.807) is 23.7 Å². The topological polar surface area (TPSA) is 72.6 Å². The molecule has 0 atom stereocenters. The quantitative estimate of drug-likeness (QED) is 0.182. The maximum Gasteiger partial charge on any atom is 0.260 e. The van der Waals surface area contributed by atoms with E-state index in [0.717, 1.165) is 107 Å². The fourth-order valence-corrected chi connectivity index (χ4v) is 9.86. The fourth-order valence-electron chi connectivity index (χ4n) is 8.95. The Labute approximate surface area is 331 Å². The summed E-state index contributed by atoms with van der Waals surface area (Å²) in [6, 6.07) is 44.0. The van der Waals surface area contributed by atoms with Crippen molar-refractivity contribution in [3.63, 3.8) is 0 Å². The van der Waals surface area contributed by atoms with Crippen molar-refractivity contribution in [3.8, 4) is 78.9 Å². The maximum absolute atomic E-state index is 6.55. The highest BCUT2D eigenvalue weighted by atomic mass is 32.1. The minimum absolute atomic E-state index is 0.0665. The first-order valence-electron chi connectivity index (χ1n) is 18.8. The predicted molar refractivity (Wildman–Crippen MR) is 225 cm³/mol. The van der Waals surface area contributed by atoms with E-state index in [2.05, 4.69) is 70.2 Å². The van der Waals surface area contributed by atoms with Gasteiger partial charge in [-0.25, -0.2) is 9.36 Å². The Bertz CT molecular complexity index is 2890. The highest BCUT2D eigenvalue weighted by molar-refractivity contribution is 7.14. The number of thiophene rings is 1. The van der Waals surface area contributed by atoms with Crippen molar-refractivity contribution in [3.05, 3.63) is 158 Å². The molecule has 0 N–H and O–H groups in total. The van der Waals surface area contributed by atoms with Gasteiger partial charge in [-0.1, -0.05) is 30.3 Å². The van der Waals surface area contributed by atoms with Crippen LogP contribution in [0.4, 0.5) is 0 Å². The second-order valence-electron chi connectivity index (χ2n) is 14.7. The summed E-state index contributed by atoms with van der Waals surface area (Å²) >= 11 is 1.74. The molecule has 13 rings (SSSR count). The third-order valence-corrected chi connectivity index (χ3v) is 12.5. The van der Waals surface area contributed by atoms with Crippen LogP contribution in [0, 0.1) is 0 Å². The Hall–Kier alpha value is -7.23. The summed E-state index contributed by atoms with van der Waals surface area (Å²) in [5, 5.41) is 11.2. The SMILES string of the molecule is c1cc2c3c(c1)Oc1ccc(-n4cccn4)cc1B3c1cc(-c3csc(-c4ccc5c(c4)B4c6cc(-n7cccn7)ccc6Oc6cccc(c64)O5)c3)ccc1O2. The summed E-state index contributed by atoms with van der Waals surface area (Å²) in [4.78, 5) is 1.17. The van der Waals surface area contributed by atoms with E-state index in [9.17, 15) is 0 Å². The molecular formula is C46H26B2N4O4S. The molecule has 0 amide bonds. The Morgan fingerprint density at radius 2 is 0.877 bits per heavy atom. The normalized spacial score (nSPS) is 13.4. The molecule has 3 aromatic heterocycles. The Balaban J connectivity index is 0.898. The van der Waals surface area contributed by atoms with E-state index in [1.165, 1.54) is 4.88 Å². The molecule has 7 heterocycles. The second-order valence-corrected chi connectivity index (χ2v) is 15.6. The molecule has 4 aliphatic rings. The molecule has 0 bridgehead atoms. The van der Waals surface area contributed by atoms with Crippen LogP contribution in [-0.4, -0.2) is 33.0 Å². The Morgan fingerprint density at radius 1 is 0.421 bits per heavy atom. The van der Waals surface area contributed by atoms with Gasteiger partial charge in [-0.15, -0.1) is 11.3 Å². The lowest BCUT2D eigenvalue weighted by Crippen LogP contribution is -2.57. The first kappa shape index (κ1) is 31.0. The third kappa shape index (κ3) is 4.63. The molecule has 0 saturated heterocycles. The largest absolute Gasteiger partial charge is 0.458 e. The van der Waals surface area contributed by atoms with Gasteiger partial charge in [0.1, 0.15) is 46.0 Å². The minimum atomic E-state index is -0.0677. The van der Waals surface area contributed by atoms with Crippen LogP contribution >= 0.6 is 11.3 Å². The van der Waals surface area contributed by atoms with Gasteiger partial charge < -0.3 is 18.9 Å². The van der Waals surface area contributed by atoms with Crippen LogP contribution in [0.15, 0.2) is 158 Å². The molecular weight excluding hydrogens is 726 g/mol. The van der Waals surface area contributed by atoms with E-state index >= 15 is 0 Å². The van der Waals surface area contributed by atoms with Crippen LogP contribution in [0.3, 0.4) is 0 Å². The van der Waals surface area contributed by atoms with Crippen LogP contribution in [0.2, 0.25) is 0 Å². The van der Waals surface area contributed by atoms with Gasteiger partial charge in [0, 0.05) is 40.6 Å². The van der Waals surface area contributed by atoms with Crippen molar-refractivity contribution in [2.45, 2.75) is 0 Å². The van der Waals surface area contributed by atoms with E-state index < -0.39 is 0 Å². The molecule has 57 heavy (non-hydrogen) atoms. The van der Waals surface area contributed by atoms with Crippen LogP contribution in [0.25, 0.3) is 32.9 Å². The molecule has 6 aromatic carbocycles. The number of fused-ring (bicyclic) bond motifs is 8. The summed E-state index contributed by atoms with van der Waals surface area (Å²) in [5.74, 6) is 6.67. The summed E-state index contributed by atoms with van der Waals surface area (Å²) in [5.41, 5.74) is 11.9. The van der Waals surface area contributed by atoms with Crippen molar-refractivity contribution < 1.29 is 18.9 Å². The number of aromatic nitrogens is 4. The monoisotopic (exact) mass is 752 g/mol. The summed E-state index contributed by atoms with van der Waals surface area (Å²) in [7, 11) is 0. The highest BCUT2D eigenvalue weighted by Crippen LogP contribution is 2.40. The zero-order chi connectivity index (χ0) is 37.2. The molecule has 4 aliphatic heterocycles. The number of rotatable bonds is 4. The zero-order valence-electron chi connectivity index (χ0n) is 30.0. The van der Waals surface area contributed by atoms with Crippen LogP contribution in [0.1, 0.15) is 0 Å². The van der Waals surface area contributed by atoms with Crippen LogP contribution < -0.4 is 51.7 Å². The summed E-state index contributed by atoms with van der Waals surface area (Å²) < 4.78 is 29.8. The Kier molecular flexibility index (Phi) is 6.34. The molecule has 266 valence electrons. The maximum atomic E-state index is 6.55. The lowest BCUT2D eigenvalue weighted by molar-refractivity contribution is 0.464. The van der Waals surface area contributed by atoms with Crippen molar-refractivity contribution in [1.29, 1.82) is 0 Å². The molecule has 8 nitrogen and oxygen atoms in total. The number of ether oxygens (including phenoxy) is 4. The second kappa shape index (κ2) is 11.6. The van der Waals surface area contributed by atoms with Gasteiger partial charge in [-0.3, -0.25) is 0 Å². The van der Waals surface area contributed by atoms with E-state index in [0.29, 0.717) is 0 Å². The minimum Gasteiger partial charge on any atom is -0.458 e. The highest BCUT2D eigenvalue weighted by Gasteiger charge is 2.42. The lowest BCUT2D eigenvalue weighted by atomic mass is 9.34.